The Bertz CT molecular complexity index is 1250. The first-order chi connectivity index (χ1) is 17.6. The van der Waals surface area contributed by atoms with Crippen molar-refractivity contribution >= 4 is 30.0 Å². The van der Waals surface area contributed by atoms with Gasteiger partial charge in [-0.25, -0.2) is 13.2 Å². The Morgan fingerprint density at radius 3 is 2.05 bits per heavy atom. The van der Waals surface area contributed by atoms with Crippen LogP contribution in [0.5, 0.6) is 0 Å². The van der Waals surface area contributed by atoms with Crippen LogP contribution in [0.15, 0.2) is 88.7 Å². The first-order valence-electron chi connectivity index (χ1n) is 12.5. The molecule has 0 aliphatic heterocycles. The highest BCUT2D eigenvalue weighted by Gasteiger charge is 2.39. The number of primary amides is 1. The highest BCUT2D eigenvalue weighted by atomic mass is 32.2. The molecule has 206 valence electrons. The minimum Gasteiger partial charge on any atom is -0.441 e. The number of amides is 1. The van der Waals surface area contributed by atoms with E-state index in [-0.39, 0.29) is 33.5 Å². The van der Waals surface area contributed by atoms with Crippen LogP contribution in [0, 0.1) is 0 Å². The molecule has 7 nitrogen and oxygen atoms in total. The number of hydrogen-bond acceptors (Lipinski definition) is 6. The van der Waals surface area contributed by atoms with Crippen molar-refractivity contribution < 1.29 is 27.2 Å². The molecule has 0 unspecified atom stereocenters. The van der Waals surface area contributed by atoms with Gasteiger partial charge in [0.15, 0.2) is 14.1 Å². The Hall–Kier alpha value is -3.01. The van der Waals surface area contributed by atoms with E-state index in [1.54, 1.807) is 54.6 Å². The lowest BCUT2D eigenvalue weighted by molar-refractivity contribution is -0.112. The molecule has 0 spiro atoms. The van der Waals surface area contributed by atoms with E-state index in [1.165, 1.54) is 25.1 Å². The first-order valence-corrected chi connectivity index (χ1v) is 16.9. The van der Waals surface area contributed by atoms with Gasteiger partial charge < -0.3 is 14.9 Å². The minimum absolute atomic E-state index is 0.00555. The number of allylic oxidation sites excluding steroid dienone is 1. The van der Waals surface area contributed by atoms with Crippen molar-refractivity contribution in [1.82, 2.24) is 0 Å². The summed E-state index contributed by atoms with van der Waals surface area (Å²) in [5, 5.41) is -0.134. The van der Waals surface area contributed by atoms with Gasteiger partial charge in [-0.05, 0) is 48.8 Å². The third-order valence-corrected chi connectivity index (χ3v) is 13.0. The summed E-state index contributed by atoms with van der Waals surface area (Å²) in [5.41, 5.74) is 6.00. The summed E-state index contributed by atoms with van der Waals surface area (Å²) in [7, 11) is -6.26. The molecule has 0 aliphatic carbocycles. The maximum atomic E-state index is 13.8. The predicted molar refractivity (Wildman–Crippen MR) is 153 cm³/mol. The van der Waals surface area contributed by atoms with Crippen molar-refractivity contribution in [2.45, 2.75) is 75.8 Å². The summed E-state index contributed by atoms with van der Waals surface area (Å²) in [6.45, 7) is 11.9. The Kier molecular flexibility index (Phi) is 10.8. The predicted octanol–water partition coefficient (Wildman–Crippen LogP) is 6.50. The SMILES string of the molecule is CC(=O)/C=C/[C@H](C/C(=C\C[C@H](OC(N)=O)c1ccccc1)S(=O)(=O)c1ccccc1)O[Si](C)(C)C(C)(C)C. The van der Waals surface area contributed by atoms with Gasteiger partial charge in [0.1, 0.15) is 6.10 Å². The minimum atomic E-state index is -3.93. The molecule has 2 aromatic rings. The topological polar surface area (TPSA) is 113 Å². The molecule has 9 heteroatoms. The van der Waals surface area contributed by atoms with E-state index in [0.717, 1.165) is 0 Å². The largest absolute Gasteiger partial charge is 0.441 e. The number of carbonyl (C=O) groups excluding carboxylic acids is 2. The fraction of sp³-hybridized carbons (Fsp3) is 0.379. The van der Waals surface area contributed by atoms with Gasteiger partial charge in [0.05, 0.1) is 11.0 Å². The first kappa shape index (κ1) is 31.2. The number of ether oxygens (including phenoxy) is 1. The van der Waals surface area contributed by atoms with Gasteiger partial charge in [0, 0.05) is 17.7 Å². The van der Waals surface area contributed by atoms with E-state index in [4.69, 9.17) is 14.9 Å². The third kappa shape index (κ3) is 9.07. The van der Waals surface area contributed by atoms with Crippen LogP contribution in [-0.4, -0.2) is 34.7 Å². The van der Waals surface area contributed by atoms with E-state index < -0.39 is 36.5 Å². The van der Waals surface area contributed by atoms with Crippen molar-refractivity contribution in [2.24, 2.45) is 5.73 Å². The van der Waals surface area contributed by atoms with E-state index in [0.29, 0.717) is 5.56 Å². The van der Waals surface area contributed by atoms with Crippen molar-refractivity contribution in [1.29, 1.82) is 0 Å². The molecule has 2 atom stereocenters. The van der Waals surface area contributed by atoms with Gasteiger partial charge in [-0.3, -0.25) is 4.79 Å². The highest BCUT2D eigenvalue weighted by Crippen LogP contribution is 2.39. The van der Waals surface area contributed by atoms with Gasteiger partial charge in [0.2, 0.25) is 9.84 Å². The van der Waals surface area contributed by atoms with Crippen molar-refractivity contribution in [3.05, 3.63) is 89.4 Å². The molecule has 0 saturated heterocycles. The lowest BCUT2D eigenvalue weighted by atomic mass is 10.1. The molecule has 2 rings (SSSR count). The zero-order valence-electron chi connectivity index (χ0n) is 23.0. The van der Waals surface area contributed by atoms with Crippen LogP contribution in [0.1, 0.15) is 52.2 Å². The molecule has 38 heavy (non-hydrogen) atoms. The zero-order chi connectivity index (χ0) is 28.6. The second-order valence-electron chi connectivity index (χ2n) is 10.6. The molecule has 2 aromatic carbocycles. The molecule has 0 saturated carbocycles. The second kappa shape index (κ2) is 13.2. The number of nitrogens with two attached hydrogens (primary N) is 1. The molecular formula is C29H39NO6SSi. The molecule has 0 radical (unpaired) electrons. The van der Waals surface area contributed by atoms with Crippen molar-refractivity contribution in [3.63, 3.8) is 0 Å². The molecule has 1 amide bonds. The quantitative estimate of drug-likeness (QED) is 0.236. The van der Waals surface area contributed by atoms with Crippen LogP contribution < -0.4 is 5.73 Å². The average molecular weight is 558 g/mol. The molecule has 0 aromatic heterocycles. The molecular weight excluding hydrogens is 518 g/mol. The summed E-state index contributed by atoms with van der Waals surface area (Å²) in [4.78, 5) is 23.6. The summed E-state index contributed by atoms with van der Waals surface area (Å²) in [5.74, 6) is -0.163. The van der Waals surface area contributed by atoms with E-state index in [1.807, 2.05) is 6.07 Å². The van der Waals surface area contributed by atoms with Gasteiger partial charge in [-0.2, -0.15) is 0 Å². The van der Waals surface area contributed by atoms with E-state index >= 15 is 0 Å². The van der Waals surface area contributed by atoms with Gasteiger partial charge in [0.25, 0.3) is 0 Å². The van der Waals surface area contributed by atoms with Crippen LogP contribution in [0.3, 0.4) is 0 Å². The van der Waals surface area contributed by atoms with Crippen molar-refractivity contribution in [3.8, 4) is 0 Å². The number of sulfone groups is 1. The summed E-state index contributed by atoms with van der Waals surface area (Å²) in [6.07, 6.45) is 2.30. The smallest absolute Gasteiger partial charge is 0.405 e. The fourth-order valence-corrected chi connectivity index (χ4v) is 6.29. The number of rotatable bonds is 12. The number of benzene rings is 2. The maximum absolute atomic E-state index is 13.8. The average Bonchev–Trinajstić information content (AvgIpc) is 2.83. The molecule has 0 aliphatic rings. The van der Waals surface area contributed by atoms with Gasteiger partial charge in [-0.1, -0.05) is 81.5 Å². The summed E-state index contributed by atoms with van der Waals surface area (Å²) < 4.78 is 39.5. The molecule has 0 fully saturated rings. The lowest BCUT2D eigenvalue weighted by Gasteiger charge is -2.38. The van der Waals surface area contributed by atoms with Crippen LogP contribution in [-0.2, 0) is 23.8 Å². The maximum Gasteiger partial charge on any atom is 0.405 e. The van der Waals surface area contributed by atoms with Crippen LogP contribution in [0.4, 0.5) is 4.79 Å². The second-order valence-corrected chi connectivity index (χ2v) is 17.4. The Labute approximate surface area is 227 Å². The van der Waals surface area contributed by atoms with Crippen LogP contribution in [0.25, 0.3) is 0 Å². The van der Waals surface area contributed by atoms with Crippen LogP contribution >= 0.6 is 0 Å². The van der Waals surface area contributed by atoms with Gasteiger partial charge in [-0.15, -0.1) is 0 Å². The van der Waals surface area contributed by atoms with E-state index in [9.17, 15) is 18.0 Å². The number of ketones is 1. The summed E-state index contributed by atoms with van der Waals surface area (Å²) in [6, 6.07) is 17.1. The Morgan fingerprint density at radius 2 is 1.55 bits per heavy atom. The van der Waals surface area contributed by atoms with Crippen LogP contribution in [0.2, 0.25) is 18.1 Å². The third-order valence-electron chi connectivity index (χ3n) is 6.59. The highest BCUT2D eigenvalue weighted by molar-refractivity contribution is 7.95. The zero-order valence-corrected chi connectivity index (χ0v) is 24.8. The van der Waals surface area contributed by atoms with Crippen molar-refractivity contribution in [2.75, 3.05) is 0 Å². The van der Waals surface area contributed by atoms with Gasteiger partial charge >= 0.3 is 6.09 Å². The Morgan fingerprint density at radius 1 is 1.00 bits per heavy atom. The standard InChI is InChI=1S/C29H39NO6SSi/c1-22(31)17-18-24(36-38(5,6)29(2,3)4)21-26(37(33,34)25-15-11-8-12-16-25)19-20-27(35-28(30)32)23-13-9-7-10-14-23/h7-19,24,27H,20-21H2,1-6H3,(H2,30,32)/b18-17+,26-19+/t24-,27+/m1/s1. The lowest BCUT2D eigenvalue weighted by Crippen LogP contribution is -2.43. The number of carbonyl (C=O) groups is 2. The number of hydrogen-bond donors (Lipinski definition) is 1. The fourth-order valence-electron chi connectivity index (χ4n) is 3.50. The van der Waals surface area contributed by atoms with E-state index in [2.05, 4.69) is 33.9 Å². The monoisotopic (exact) mass is 557 g/mol. The molecule has 0 heterocycles. The molecule has 2 N–H and O–H groups in total. The normalized spacial score (nSPS) is 14.7. The molecule has 0 bridgehead atoms. The summed E-state index contributed by atoms with van der Waals surface area (Å²) >= 11 is 0. The Balaban J connectivity index is 2.57.